The first kappa shape index (κ1) is 67.2. The molecule has 0 spiro atoms. The number of hydrogen-bond donors (Lipinski definition) is 0. The first-order chi connectivity index (χ1) is 46.6. The summed E-state index contributed by atoms with van der Waals surface area (Å²) < 4.78 is 55.4. The molecule has 0 N–H and O–H groups in total. The molecule has 0 fully saturated rings. The summed E-state index contributed by atoms with van der Waals surface area (Å²) in [5.41, 5.74) is 0.212. The molecule has 0 aliphatic carbocycles. The van der Waals surface area contributed by atoms with Gasteiger partial charge in [0.25, 0.3) is 17.7 Å². The van der Waals surface area contributed by atoms with Gasteiger partial charge in [-0.2, -0.15) is 15.3 Å². The number of hydrogen-bond acceptors (Lipinski definition) is 13. The summed E-state index contributed by atoms with van der Waals surface area (Å²) in [4.78, 5) is 105. The second kappa shape index (κ2) is 28.1. The van der Waals surface area contributed by atoms with Crippen LogP contribution < -0.4 is 30.5 Å². The molecule has 19 nitrogen and oxygen atoms in total. The summed E-state index contributed by atoms with van der Waals surface area (Å²) in [6, 6.07) is 35.0. The molecule has 6 heterocycles. The van der Waals surface area contributed by atoms with E-state index in [1.165, 1.54) is 44.6 Å². The van der Waals surface area contributed by atoms with Gasteiger partial charge < -0.3 is 28.9 Å². The average molecular weight is 1370 g/mol. The fraction of sp³-hybridized carbons (Fsp3) is 0.288. The minimum absolute atomic E-state index is 0.00161. The molecule has 3 aliphatic rings. The van der Waals surface area contributed by atoms with E-state index in [4.69, 9.17) is 49.0 Å². The van der Waals surface area contributed by atoms with Crippen LogP contribution in [0.3, 0.4) is 0 Å². The van der Waals surface area contributed by atoms with Gasteiger partial charge in [-0.3, -0.25) is 47.6 Å². The number of benzene rings is 6. The van der Waals surface area contributed by atoms with Crippen LogP contribution in [0.2, 0.25) is 15.1 Å². The summed E-state index contributed by atoms with van der Waals surface area (Å²) in [5, 5.41) is 15.1. The Morgan fingerprint density at radius 1 is 0.474 bits per heavy atom. The van der Waals surface area contributed by atoms with E-state index < -0.39 is 111 Å². The highest BCUT2D eigenvalue weighted by Crippen LogP contribution is 2.46. The summed E-state index contributed by atoms with van der Waals surface area (Å²) in [5.74, 6) is -8.58. The fourth-order valence-electron chi connectivity index (χ4n) is 13.4. The molecule has 6 aromatic carbocycles. The second-order valence-electron chi connectivity index (χ2n) is 24.9. The van der Waals surface area contributed by atoms with Gasteiger partial charge in [-0.25, -0.2) is 8.78 Å². The van der Waals surface area contributed by atoms with Crippen LogP contribution in [0.4, 0.5) is 8.78 Å². The monoisotopic (exact) mass is 1370 g/mol. The highest BCUT2D eigenvalue weighted by molar-refractivity contribution is 6.31. The minimum Gasteiger partial charge on any atom is -0.451 e. The number of carbonyl (C=O) groups excluding carboxylic acids is 4. The van der Waals surface area contributed by atoms with Crippen LogP contribution in [-0.2, 0) is 4.79 Å². The number of nitrogens with zero attached hydrogens (tertiary/aromatic N) is 9. The number of rotatable bonds is 20. The molecule has 9 aromatic rings. The lowest BCUT2D eigenvalue weighted by molar-refractivity contribution is -0.137. The quantitative estimate of drug-likeness (QED) is 0.0651. The number of ether oxygens (including phenoxy) is 3. The Morgan fingerprint density at radius 2 is 0.866 bits per heavy atom. The van der Waals surface area contributed by atoms with Crippen LogP contribution in [-0.4, -0.2) is 106 Å². The highest BCUT2D eigenvalue weighted by atomic mass is 35.5. The normalized spacial score (nSPS) is 16.7. The summed E-state index contributed by atoms with van der Waals surface area (Å²) >= 11 is 20.1. The maximum atomic E-state index is 16.8. The van der Waals surface area contributed by atoms with Gasteiger partial charge in [0.15, 0.2) is 17.1 Å². The molecule has 5 unspecified atom stereocenters. The Kier molecular flexibility index (Phi) is 19.4. The van der Waals surface area contributed by atoms with Crippen LogP contribution in [0, 0.1) is 17.6 Å². The van der Waals surface area contributed by atoms with Gasteiger partial charge in [-0.05, 0) is 133 Å². The van der Waals surface area contributed by atoms with Gasteiger partial charge in [0.2, 0.25) is 33.5 Å². The van der Waals surface area contributed by atoms with E-state index in [1.54, 1.807) is 82.9 Å². The van der Waals surface area contributed by atoms with Crippen molar-refractivity contribution < 1.29 is 42.2 Å². The number of amides is 3. The van der Waals surface area contributed by atoms with E-state index in [-0.39, 0.29) is 71.6 Å². The molecule has 12 rings (SSSR count). The van der Waals surface area contributed by atoms with Gasteiger partial charge >= 0.3 is 5.97 Å². The van der Waals surface area contributed by atoms with Crippen molar-refractivity contribution in [2.24, 2.45) is 5.92 Å². The van der Waals surface area contributed by atoms with Gasteiger partial charge in [-0.15, -0.1) is 0 Å². The molecule has 0 saturated carbocycles. The molecule has 97 heavy (non-hydrogen) atoms. The van der Waals surface area contributed by atoms with Crippen molar-refractivity contribution in [1.29, 1.82) is 0 Å². The van der Waals surface area contributed by atoms with Crippen molar-refractivity contribution >= 4 is 58.5 Å². The van der Waals surface area contributed by atoms with Crippen LogP contribution >= 0.6 is 34.8 Å². The Balaban J connectivity index is 0.963. The lowest BCUT2D eigenvalue weighted by Gasteiger charge is -2.41. The van der Waals surface area contributed by atoms with Crippen molar-refractivity contribution in [3.05, 3.63) is 266 Å². The number of fused-ring (bicyclic) bond motifs is 3. The molecule has 3 amide bonds. The number of esters is 1. The van der Waals surface area contributed by atoms with Crippen LogP contribution in [0.15, 0.2) is 173 Å². The number of halogens is 5. The Labute approximate surface area is 571 Å². The van der Waals surface area contributed by atoms with Gasteiger partial charge in [-0.1, -0.05) is 123 Å². The Morgan fingerprint density at radius 3 is 1.33 bits per heavy atom. The van der Waals surface area contributed by atoms with Crippen molar-refractivity contribution in [3.63, 3.8) is 0 Å². The average Bonchev–Trinajstić information content (AvgIpc) is 0.755. The predicted molar refractivity (Wildman–Crippen MR) is 361 cm³/mol. The molecular formula is C73H66Cl3F2N9O10. The SMILES string of the molecule is CCCN1CC(C(c2cccc(F)c2)c2cc(F)cc(Oc3c4n(ncc3=O)C(C(c3cccc(Cl)c3)c3cccc(Oc5c6n(ncc5=O)C(C(c5cccc(Cl)c5)c5cccc(Cl)c5)CN(CCC)C6=O)c3)CN(C(C)C)C4=O)c2)n2ncc(=O)c(OC(=O)C(C)C)c2C1=O. The molecular weight excluding hydrogens is 1310 g/mol. The summed E-state index contributed by atoms with van der Waals surface area (Å²) in [6.45, 7) is 11.2. The summed E-state index contributed by atoms with van der Waals surface area (Å²) in [7, 11) is 0. The van der Waals surface area contributed by atoms with Gasteiger partial charge in [0.05, 0.1) is 42.6 Å². The molecule has 24 heteroatoms. The molecule has 498 valence electrons. The van der Waals surface area contributed by atoms with Crippen LogP contribution in [0.5, 0.6) is 28.7 Å². The highest BCUT2D eigenvalue weighted by Gasteiger charge is 2.45. The van der Waals surface area contributed by atoms with E-state index in [1.807, 2.05) is 76.2 Å². The lowest BCUT2D eigenvalue weighted by Crippen LogP contribution is -2.49. The third kappa shape index (κ3) is 13.4. The van der Waals surface area contributed by atoms with E-state index >= 15 is 13.6 Å². The number of carbonyl (C=O) groups is 4. The van der Waals surface area contributed by atoms with Crippen LogP contribution in [0.1, 0.15) is 155 Å². The fourth-order valence-corrected chi connectivity index (χ4v) is 14.0. The third-order valence-corrected chi connectivity index (χ3v) is 18.4. The molecule has 0 saturated heterocycles. The van der Waals surface area contributed by atoms with E-state index in [9.17, 15) is 28.8 Å². The van der Waals surface area contributed by atoms with E-state index in [0.29, 0.717) is 45.6 Å². The van der Waals surface area contributed by atoms with Crippen LogP contribution in [0.25, 0.3) is 0 Å². The number of aromatic nitrogens is 6. The van der Waals surface area contributed by atoms with Crippen molar-refractivity contribution in [3.8, 4) is 28.7 Å². The second-order valence-corrected chi connectivity index (χ2v) is 26.2. The summed E-state index contributed by atoms with van der Waals surface area (Å²) in [6.07, 6.45) is 4.10. The first-order valence-corrected chi connectivity index (χ1v) is 33.0. The molecule has 5 atom stereocenters. The molecule has 3 aromatic heterocycles. The minimum atomic E-state index is -1.10. The maximum absolute atomic E-state index is 16.8. The molecule has 0 bridgehead atoms. The van der Waals surface area contributed by atoms with Crippen molar-refractivity contribution in [1.82, 2.24) is 44.0 Å². The first-order valence-electron chi connectivity index (χ1n) is 31.9. The molecule has 3 aliphatic heterocycles. The third-order valence-electron chi connectivity index (χ3n) is 17.7. The Hall–Kier alpha value is -9.83. The zero-order valence-corrected chi connectivity index (χ0v) is 55.8. The zero-order chi connectivity index (χ0) is 68.7. The molecule has 0 radical (unpaired) electrons. The van der Waals surface area contributed by atoms with Gasteiger partial charge in [0.1, 0.15) is 23.1 Å². The van der Waals surface area contributed by atoms with Crippen molar-refractivity contribution in [2.45, 2.75) is 96.3 Å². The van der Waals surface area contributed by atoms with Crippen molar-refractivity contribution in [2.75, 3.05) is 32.7 Å². The lowest BCUT2D eigenvalue weighted by atomic mass is 9.83. The van der Waals surface area contributed by atoms with E-state index in [0.717, 1.165) is 35.8 Å². The smallest absolute Gasteiger partial charge is 0.313 e. The topological polar surface area (TPSA) is 210 Å². The standard InChI is InChI=1S/C73H66Cl3F2N9O10/c1-7-24-82-37-55(61(42-14-9-19-48(74)26-42)43-15-10-20-49(75)27-43)85-64(70(82)91)67(58(88)34-79-85)95-53-23-13-18-46(31-53)62(44-16-11-21-50(76)28-44)57-39-84(41(5)6)72(93)66-68(59(89)35-81-87(57)66)96-54-32-47(30-52(78)33-54)63(45-17-12-22-51(77)29-45)56-38-83(25-8-2)71(92)65-69(97-73(94)40(3)4)60(90)36-80-86(56)65/h9-23,26-36,40-41,55-57,61-63H,7-8,24-25,37-39H2,1-6H3. The Bertz CT molecular complexity index is 4730. The largest absolute Gasteiger partial charge is 0.451 e. The predicted octanol–water partition coefficient (Wildman–Crippen LogP) is 13.5. The van der Waals surface area contributed by atoms with Gasteiger partial charge in [0, 0.05) is 77.7 Å². The van der Waals surface area contributed by atoms with E-state index in [2.05, 4.69) is 15.3 Å². The zero-order valence-electron chi connectivity index (χ0n) is 53.6. The maximum Gasteiger partial charge on any atom is 0.313 e.